The highest BCUT2D eigenvalue weighted by Crippen LogP contribution is 2.41. The molecule has 3 N–H and O–H groups in total. The molecule has 1 aliphatic carbocycles. The first kappa shape index (κ1) is 38.6. The number of likely N-dealkylation sites (N-methyl/N-ethyl adjacent to an activating group) is 1. The summed E-state index contributed by atoms with van der Waals surface area (Å²) in [6.07, 6.45) is 16.3. The van der Waals surface area contributed by atoms with E-state index in [4.69, 9.17) is 10.5 Å². The van der Waals surface area contributed by atoms with E-state index in [9.17, 15) is 14.0 Å². The summed E-state index contributed by atoms with van der Waals surface area (Å²) >= 11 is 0. The van der Waals surface area contributed by atoms with Crippen LogP contribution in [-0.2, 0) is 22.4 Å². The van der Waals surface area contributed by atoms with Crippen molar-refractivity contribution in [1.29, 1.82) is 0 Å². The monoisotopic (exact) mass is 681 g/mol. The number of carbonyl (C=O) groups excluding carboxylic acids is 2. The fourth-order valence-electron chi connectivity index (χ4n) is 6.80. The van der Waals surface area contributed by atoms with Gasteiger partial charge in [0.05, 0.1) is 5.57 Å². The smallest absolute Gasteiger partial charge is 0.254 e. The molecule has 0 aromatic heterocycles. The van der Waals surface area contributed by atoms with Gasteiger partial charge in [-0.15, -0.1) is 0 Å². The van der Waals surface area contributed by atoms with Gasteiger partial charge in [0.25, 0.3) is 11.8 Å². The van der Waals surface area contributed by atoms with Crippen LogP contribution in [0.4, 0.5) is 4.39 Å². The van der Waals surface area contributed by atoms with E-state index >= 15 is 0 Å². The molecule has 0 saturated heterocycles. The molecule has 2 amide bonds. The van der Waals surface area contributed by atoms with Crippen molar-refractivity contribution in [1.82, 2.24) is 10.2 Å². The molecular weight excluding hydrogens is 625 g/mol. The molecule has 3 aliphatic rings. The lowest BCUT2D eigenvalue weighted by atomic mass is 9.79. The molecule has 1 spiro atoms. The third-order valence-electron chi connectivity index (χ3n) is 9.45. The van der Waals surface area contributed by atoms with E-state index in [1.807, 2.05) is 36.4 Å². The quantitative estimate of drug-likeness (QED) is 0.262. The predicted octanol–water partition coefficient (Wildman–Crippen LogP) is 8.59. The van der Waals surface area contributed by atoms with Gasteiger partial charge in [0.1, 0.15) is 17.2 Å². The third-order valence-corrected chi connectivity index (χ3v) is 9.45. The normalized spacial score (nSPS) is 19.5. The molecule has 268 valence electrons. The Morgan fingerprint density at radius 2 is 1.62 bits per heavy atom. The number of allylic oxidation sites excluding steroid dienone is 1. The Kier molecular flexibility index (Phi) is 15.3. The van der Waals surface area contributed by atoms with Gasteiger partial charge in [-0.1, -0.05) is 99.5 Å². The van der Waals surface area contributed by atoms with Gasteiger partial charge in [0.2, 0.25) is 0 Å². The molecule has 3 aromatic rings. The fraction of sp³-hybridized carbons (Fsp3) is 0.442. The van der Waals surface area contributed by atoms with Crippen molar-refractivity contribution in [3.05, 3.63) is 119 Å². The van der Waals surface area contributed by atoms with Crippen LogP contribution in [-0.4, -0.2) is 48.5 Å². The van der Waals surface area contributed by atoms with Gasteiger partial charge in [0.15, 0.2) is 0 Å². The summed E-state index contributed by atoms with van der Waals surface area (Å²) in [5, 5.41) is 3.07. The molecule has 50 heavy (non-hydrogen) atoms. The summed E-state index contributed by atoms with van der Waals surface area (Å²) in [5.41, 5.74) is 9.21. The van der Waals surface area contributed by atoms with Gasteiger partial charge >= 0.3 is 0 Å². The molecule has 0 radical (unpaired) electrons. The van der Waals surface area contributed by atoms with Crippen LogP contribution in [0.25, 0.3) is 5.57 Å². The zero-order valence-corrected chi connectivity index (χ0v) is 30.3. The number of hydrogen-bond acceptors (Lipinski definition) is 4. The van der Waals surface area contributed by atoms with E-state index in [1.54, 1.807) is 30.1 Å². The largest absolute Gasteiger partial charge is 0.487 e. The Morgan fingerprint density at radius 3 is 2.34 bits per heavy atom. The van der Waals surface area contributed by atoms with E-state index in [1.165, 1.54) is 69.1 Å². The van der Waals surface area contributed by atoms with E-state index in [0.29, 0.717) is 44.3 Å². The lowest BCUT2D eigenvalue weighted by Crippen LogP contribution is -2.41. The van der Waals surface area contributed by atoms with E-state index in [2.05, 4.69) is 43.4 Å². The molecule has 1 fully saturated rings. The molecule has 1 saturated carbocycles. The molecule has 1 atom stereocenters. The van der Waals surface area contributed by atoms with Gasteiger partial charge in [-0.2, -0.15) is 0 Å². The summed E-state index contributed by atoms with van der Waals surface area (Å²) in [4.78, 5) is 27.8. The van der Waals surface area contributed by atoms with Crippen LogP contribution in [0.2, 0.25) is 0 Å². The molecule has 6 nitrogen and oxygen atoms in total. The topological polar surface area (TPSA) is 84.7 Å². The number of fused-ring (bicyclic) bond motifs is 1. The average molecular weight is 682 g/mol. The van der Waals surface area contributed by atoms with Crippen LogP contribution in [0.5, 0.6) is 5.75 Å². The zero-order valence-electron chi connectivity index (χ0n) is 30.3. The van der Waals surface area contributed by atoms with E-state index in [0.717, 1.165) is 11.3 Å². The van der Waals surface area contributed by atoms with Crippen molar-refractivity contribution >= 4 is 17.4 Å². The SMILES string of the molecule is CCC.CN1CCC/C=C(C(=O)N[C@H](CCN)Cc2ccccc2)/C=C(/c2ccccc2F)C1=O.c1ccc2c(c1)CCC1(CCCCC1)O2. The fourth-order valence-corrected chi connectivity index (χ4v) is 6.80. The highest BCUT2D eigenvalue weighted by molar-refractivity contribution is 6.21. The number of aryl methyl sites for hydroxylation is 1. The minimum Gasteiger partial charge on any atom is -0.487 e. The molecule has 0 unspecified atom stereocenters. The van der Waals surface area contributed by atoms with Crippen LogP contribution in [0.1, 0.15) is 94.7 Å². The highest BCUT2D eigenvalue weighted by atomic mass is 19.1. The number of halogens is 1. The standard InChI is InChI=1S/C26H30FN3O2.C14H18O.C3H8/c1-30-16-8-7-11-20(18-23(26(30)32)22-12-5-6-13-24(22)27)25(31)29-21(14-15-28)17-19-9-3-2-4-10-19;1-4-9-14(10-5-1)11-8-12-6-2-3-7-13(12)15-14;1-3-2/h2-6,9-13,18,21H,7-8,14-17,28H2,1H3,(H,29,31);2-3,6-7H,1,4-5,8-11H2;3H2,1-2H3/b20-11-,23-18-;;/t21-;;/m1../s1. The van der Waals surface area contributed by atoms with Gasteiger partial charge in [0, 0.05) is 30.8 Å². The van der Waals surface area contributed by atoms with E-state index in [-0.39, 0.29) is 34.6 Å². The van der Waals surface area contributed by atoms with Gasteiger partial charge in [-0.25, -0.2) is 4.39 Å². The number of nitrogens with two attached hydrogens (primary N) is 1. The van der Waals surface area contributed by atoms with Crippen molar-refractivity contribution in [2.45, 2.75) is 103 Å². The summed E-state index contributed by atoms with van der Waals surface area (Å²) < 4.78 is 20.8. The predicted molar refractivity (Wildman–Crippen MR) is 202 cm³/mol. The molecule has 7 heteroatoms. The van der Waals surface area contributed by atoms with Gasteiger partial charge in [-0.3, -0.25) is 9.59 Å². The maximum Gasteiger partial charge on any atom is 0.254 e. The second-order valence-corrected chi connectivity index (χ2v) is 13.7. The molecule has 2 heterocycles. The molecule has 2 aliphatic heterocycles. The van der Waals surface area contributed by atoms with Crippen LogP contribution < -0.4 is 15.8 Å². The number of amides is 2. The van der Waals surface area contributed by atoms with Crippen molar-refractivity contribution in [3.8, 4) is 5.75 Å². The Bertz CT molecular complexity index is 1580. The number of nitrogens with one attached hydrogen (secondary N) is 1. The Morgan fingerprint density at radius 1 is 0.940 bits per heavy atom. The number of benzene rings is 3. The van der Waals surface area contributed by atoms with Crippen molar-refractivity contribution in [3.63, 3.8) is 0 Å². The van der Waals surface area contributed by atoms with Crippen LogP contribution in [0, 0.1) is 5.82 Å². The second-order valence-electron chi connectivity index (χ2n) is 13.7. The Balaban J connectivity index is 0.000000256. The number of carbonyl (C=O) groups is 2. The molecule has 3 aromatic carbocycles. The summed E-state index contributed by atoms with van der Waals surface area (Å²) in [7, 11) is 1.69. The number of rotatable bonds is 7. The molecule has 6 rings (SSSR count). The summed E-state index contributed by atoms with van der Waals surface area (Å²) in [6, 6.07) is 24.4. The maximum absolute atomic E-state index is 14.5. The van der Waals surface area contributed by atoms with Crippen LogP contribution in [0.15, 0.2) is 96.6 Å². The van der Waals surface area contributed by atoms with E-state index < -0.39 is 5.82 Å². The average Bonchev–Trinajstić information content (AvgIpc) is 3.19. The van der Waals surface area contributed by atoms with Crippen molar-refractivity contribution in [2.24, 2.45) is 5.73 Å². The first-order valence-corrected chi connectivity index (χ1v) is 18.5. The number of hydrogen-bond donors (Lipinski definition) is 2. The summed E-state index contributed by atoms with van der Waals surface area (Å²) in [6.45, 7) is 5.22. The third kappa shape index (κ3) is 11.1. The molecular formula is C43H56FN3O3. The van der Waals surface area contributed by atoms with Gasteiger partial charge in [-0.05, 0) is 100 Å². The first-order chi connectivity index (χ1) is 24.3. The Hall–Kier alpha value is -4.23. The minimum atomic E-state index is -0.496. The van der Waals surface area contributed by atoms with Gasteiger partial charge < -0.3 is 20.7 Å². The Labute approximate surface area is 299 Å². The number of nitrogens with zero attached hydrogens (tertiary/aromatic N) is 1. The molecule has 0 bridgehead atoms. The lowest BCUT2D eigenvalue weighted by Gasteiger charge is -2.41. The zero-order chi connectivity index (χ0) is 35.8. The van der Waals surface area contributed by atoms with Crippen LogP contribution >= 0.6 is 0 Å². The summed E-state index contributed by atoms with van der Waals surface area (Å²) in [5.74, 6) is 0.0549. The number of ether oxygens (including phenoxy) is 1. The maximum atomic E-state index is 14.5. The van der Waals surface area contributed by atoms with Crippen molar-refractivity contribution in [2.75, 3.05) is 20.1 Å². The highest BCUT2D eigenvalue weighted by Gasteiger charge is 2.37. The second kappa shape index (κ2) is 19.8. The lowest BCUT2D eigenvalue weighted by molar-refractivity contribution is -0.123. The van der Waals surface area contributed by atoms with Crippen LogP contribution in [0.3, 0.4) is 0 Å². The van der Waals surface area contributed by atoms with Crippen molar-refractivity contribution < 1.29 is 18.7 Å². The first-order valence-electron chi connectivity index (χ1n) is 18.5. The number of para-hydroxylation sites is 1. The minimum absolute atomic E-state index is 0.146.